The van der Waals surface area contributed by atoms with Crippen LogP contribution >= 0.6 is 0 Å². The van der Waals surface area contributed by atoms with E-state index >= 15 is 0 Å². The maximum absolute atomic E-state index is 12.9. The van der Waals surface area contributed by atoms with Crippen LogP contribution in [0, 0.1) is 5.92 Å². The monoisotopic (exact) mass is 349 g/mol. The van der Waals surface area contributed by atoms with E-state index in [4.69, 9.17) is 0 Å². The molecule has 0 aromatic heterocycles. The Morgan fingerprint density at radius 3 is 2.58 bits per heavy atom. The van der Waals surface area contributed by atoms with Crippen LogP contribution in [0.1, 0.15) is 33.1 Å². The number of para-hydroxylation sites is 1. The Morgan fingerprint density at radius 1 is 1.25 bits per heavy atom. The number of likely N-dealkylation sites (tertiary alicyclic amines) is 1. The van der Waals surface area contributed by atoms with Crippen LogP contribution in [0.15, 0.2) is 34.3 Å². The molecule has 24 heavy (non-hydrogen) atoms. The number of hydrazone groups is 1. The molecule has 0 saturated carbocycles. The number of hydrogen-bond donors (Lipinski definition) is 0. The molecule has 1 amide bonds. The lowest BCUT2D eigenvalue weighted by atomic mass is 9.99. The highest BCUT2D eigenvalue weighted by atomic mass is 32.2. The fraction of sp³-hybridized carbons (Fsp3) is 0.529. The summed E-state index contributed by atoms with van der Waals surface area (Å²) in [6.07, 6.45) is 2.60. The first-order valence-electron chi connectivity index (χ1n) is 8.44. The quantitative estimate of drug-likeness (QED) is 0.839. The molecular weight excluding hydrogens is 326 g/mol. The lowest BCUT2D eigenvalue weighted by Gasteiger charge is -2.32. The van der Waals surface area contributed by atoms with E-state index in [1.54, 1.807) is 34.2 Å². The van der Waals surface area contributed by atoms with Gasteiger partial charge >= 0.3 is 0 Å². The second-order valence-corrected chi connectivity index (χ2v) is 8.31. The van der Waals surface area contributed by atoms with Crippen molar-refractivity contribution in [1.82, 2.24) is 4.90 Å². The predicted molar refractivity (Wildman–Crippen MR) is 93.7 cm³/mol. The summed E-state index contributed by atoms with van der Waals surface area (Å²) < 4.78 is 25.8. The van der Waals surface area contributed by atoms with Crippen molar-refractivity contribution in [1.29, 1.82) is 0 Å². The highest BCUT2D eigenvalue weighted by Gasteiger charge is 2.39. The smallest absolute Gasteiger partial charge is 0.286 e. The summed E-state index contributed by atoms with van der Waals surface area (Å²) in [6, 6.07) is 6.74. The summed E-state index contributed by atoms with van der Waals surface area (Å²) >= 11 is 0. The summed E-state index contributed by atoms with van der Waals surface area (Å²) in [7, 11) is -3.88. The molecule has 1 saturated heterocycles. The van der Waals surface area contributed by atoms with Crippen molar-refractivity contribution in [3.63, 3.8) is 0 Å². The van der Waals surface area contributed by atoms with Gasteiger partial charge in [0, 0.05) is 19.6 Å². The summed E-state index contributed by atoms with van der Waals surface area (Å²) in [5.41, 5.74) is 0.545. The Labute approximate surface area is 143 Å². The summed E-state index contributed by atoms with van der Waals surface area (Å²) in [6.45, 7) is 5.89. The van der Waals surface area contributed by atoms with Gasteiger partial charge in [-0.15, -0.1) is 0 Å². The molecule has 0 unspecified atom stereocenters. The van der Waals surface area contributed by atoms with E-state index in [9.17, 15) is 13.2 Å². The van der Waals surface area contributed by atoms with Gasteiger partial charge in [0.2, 0.25) is 14.9 Å². The lowest BCUT2D eigenvalue weighted by molar-refractivity contribution is -0.125. The highest BCUT2D eigenvalue weighted by molar-refractivity contribution is 8.08. The average Bonchev–Trinajstić information content (AvgIpc) is 2.58. The Morgan fingerprint density at radius 2 is 1.92 bits per heavy atom. The second-order valence-electron chi connectivity index (χ2n) is 6.47. The fourth-order valence-electron chi connectivity index (χ4n) is 3.11. The fourth-order valence-corrected chi connectivity index (χ4v) is 4.59. The van der Waals surface area contributed by atoms with Crippen molar-refractivity contribution in [3.8, 4) is 0 Å². The van der Waals surface area contributed by atoms with Crippen LogP contribution < -0.4 is 5.01 Å². The molecule has 0 radical (unpaired) electrons. The van der Waals surface area contributed by atoms with Gasteiger partial charge in [-0.05, 0) is 37.3 Å². The third-order valence-electron chi connectivity index (χ3n) is 4.59. The standard InChI is InChI=1S/C17H23N3O3S/c1-3-10-20-14-6-4-5-7-15(14)24(22,23)16(18-20)17(21)19-11-8-13(2)9-12-19/h4-7,13H,3,8-12H2,1-2H3. The molecule has 1 aromatic rings. The molecule has 2 heterocycles. The van der Waals surface area contributed by atoms with E-state index in [-0.39, 0.29) is 9.94 Å². The molecule has 1 aromatic carbocycles. The Hall–Kier alpha value is -1.89. The molecule has 3 rings (SSSR count). The number of fused-ring (bicyclic) bond motifs is 1. The minimum Gasteiger partial charge on any atom is -0.337 e. The van der Waals surface area contributed by atoms with Crippen LogP contribution in [0.25, 0.3) is 0 Å². The molecule has 130 valence electrons. The van der Waals surface area contributed by atoms with Gasteiger partial charge in [-0.3, -0.25) is 9.80 Å². The van der Waals surface area contributed by atoms with Crippen LogP contribution in [0.2, 0.25) is 0 Å². The predicted octanol–water partition coefficient (Wildman–Crippen LogP) is 2.26. The lowest BCUT2D eigenvalue weighted by Crippen LogP contribution is -2.46. The third kappa shape index (κ3) is 2.92. The number of carbonyl (C=O) groups is 1. The Kier molecular flexibility index (Phi) is 4.62. The molecule has 0 atom stereocenters. The van der Waals surface area contributed by atoms with Gasteiger partial charge < -0.3 is 4.90 Å². The van der Waals surface area contributed by atoms with Crippen molar-refractivity contribution in [2.75, 3.05) is 24.6 Å². The first-order valence-corrected chi connectivity index (χ1v) is 9.93. The SMILES string of the molecule is CCCN1N=C(C(=O)N2CCC(C)CC2)S(=O)(=O)c2ccccc21. The van der Waals surface area contributed by atoms with Crippen LogP contribution in [-0.2, 0) is 14.6 Å². The average molecular weight is 349 g/mol. The number of anilines is 1. The van der Waals surface area contributed by atoms with Crippen molar-refractivity contribution in [3.05, 3.63) is 24.3 Å². The minimum absolute atomic E-state index is 0.169. The topological polar surface area (TPSA) is 70.1 Å². The van der Waals surface area contributed by atoms with Crippen molar-refractivity contribution < 1.29 is 13.2 Å². The second kappa shape index (κ2) is 6.55. The Balaban J connectivity index is 1.99. The molecule has 2 aliphatic rings. The van der Waals surface area contributed by atoms with Gasteiger partial charge in [-0.2, -0.15) is 5.10 Å². The first kappa shape index (κ1) is 17.0. The molecule has 0 bridgehead atoms. The normalized spacial score (nSPS) is 20.5. The highest BCUT2D eigenvalue weighted by Crippen LogP contribution is 2.32. The van der Waals surface area contributed by atoms with Gasteiger partial charge in [-0.1, -0.05) is 26.0 Å². The maximum Gasteiger partial charge on any atom is 0.286 e. The number of piperidine rings is 1. The van der Waals surface area contributed by atoms with E-state index < -0.39 is 15.7 Å². The number of benzene rings is 1. The van der Waals surface area contributed by atoms with Gasteiger partial charge in [0.15, 0.2) is 0 Å². The number of hydrogen-bond acceptors (Lipinski definition) is 5. The first-order chi connectivity index (χ1) is 11.4. The van der Waals surface area contributed by atoms with E-state index in [0.29, 0.717) is 31.2 Å². The van der Waals surface area contributed by atoms with Gasteiger partial charge in [0.1, 0.15) is 0 Å². The van der Waals surface area contributed by atoms with E-state index in [2.05, 4.69) is 12.0 Å². The molecule has 1 fully saturated rings. The molecule has 7 heteroatoms. The molecule has 0 aliphatic carbocycles. The van der Waals surface area contributed by atoms with Crippen molar-refractivity contribution in [2.24, 2.45) is 11.0 Å². The molecular formula is C17H23N3O3S. The molecule has 0 N–H and O–H groups in total. The van der Waals surface area contributed by atoms with Crippen molar-refractivity contribution in [2.45, 2.75) is 38.0 Å². The third-order valence-corrected chi connectivity index (χ3v) is 6.28. The van der Waals surface area contributed by atoms with E-state index in [0.717, 1.165) is 19.3 Å². The summed E-state index contributed by atoms with van der Waals surface area (Å²) in [5.74, 6) is 0.0915. The summed E-state index contributed by atoms with van der Waals surface area (Å²) in [5, 5.41) is 5.52. The van der Waals surface area contributed by atoms with Crippen LogP contribution in [0.4, 0.5) is 5.69 Å². The number of rotatable bonds is 3. The van der Waals surface area contributed by atoms with Crippen LogP contribution in [-0.4, -0.2) is 43.9 Å². The number of amides is 1. The van der Waals surface area contributed by atoms with E-state index in [1.165, 1.54) is 0 Å². The van der Waals surface area contributed by atoms with Crippen LogP contribution in [0.5, 0.6) is 0 Å². The molecule has 6 nitrogen and oxygen atoms in total. The van der Waals surface area contributed by atoms with E-state index in [1.807, 2.05) is 6.92 Å². The zero-order valence-electron chi connectivity index (χ0n) is 14.1. The molecule has 2 aliphatic heterocycles. The largest absolute Gasteiger partial charge is 0.337 e. The van der Waals surface area contributed by atoms with Gasteiger partial charge in [0.25, 0.3) is 5.91 Å². The van der Waals surface area contributed by atoms with Crippen molar-refractivity contribution >= 4 is 26.5 Å². The number of sulfone groups is 1. The Bertz CT molecular complexity index is 765. The zero-order chi connectivity index (χ0) is 17.3. The molecule has 0 spiro atoms. The maximum atomic E-state index is 12.9. The number of carbonyl (C=O) groups excluding carboxylic acids is 1. The van der Waals surface area contributed by atoms with Crippen LogP contribution in [0.3, 0.4) is 0 Å². The number of nitrogens with zero attached hydrogens (tertiary/aromatic N) is 3. The zero-order valence-corrected chi connectivity index (χ0v) is 14.9. The van der Waals surface area contributed by atoms with Gasteiger partial charge in [0.05, 0.1) is 10.6 Å². The van der Waals surface area contributed by atoms with Gasteiger partial charge in [-0.25, -0.2) is 8.42 Å². The summed E-state index contributed by atoms with van der Waals surface area (Å²) in [4.78, 5) is 14.6. The minimum atomic E-state index is -3.88.